The first-order valence-corrected chi connectivity index (χ1v) is 7.07. The van der Waals surface area contributed by atoms with Crippen LogP contribution < -0.4 is 4.74 Å². The maximum atomic E-state index is 12.2. The smallest absolute Gasteiger partial charge is 0.307 e. The number of rotatable bonds is 6. The fourth-order valence-electron chi connectivity index (χ4n) is 2.55. The number of ether oxygens (including phenoxy) is 1. The molecule has 3 atom stereocenters. The van der Waals surface area contributed by atoms with Gasteiger partial charge < -0.3 is 14.7 Å². The van der Waals surface area contributed by atoms with Crippen LogP contribution >= 0.6 is 0 Å². The molecular formula is C16H21NO4. The highest BCUT2D eigenvalue weighted by Crippen LogP contribution is 2.40. The Kier molecular flexibility index (Phi) is 4.50. The van der Waals surface area contributed by atoms with Gasteiger partial charge in [-0.05, 0) is 31.4 Å². The van der Waals surface area contributed by atoms with Gasteiger partial charge in [0, 0.05) is 13.1 Å². The molecule has 0 bridgehead atoms. The summed E-state index contributed by atoms with van der Waals surface area (Å²) in [5.41, 5.74) is 1.04. The average molecular weight is 291 g/mol. The van der Waals surface area contributed by atoms with Crippen LogP contribution in [0.1, 0.15) is 18.9 Å². The summed E-state index contributed by atoms with van der Waals surface area (Å²) in [6.07, 6.45) is 1.14. The van der Waals surface area contributed by atoms with E-state index in [1.165, 1.54) is 0 Å². The summed E-state index contributed by atoms with van der Waals surface area (Å²) in [6, 6.07) is 7.71. The van der Waals surface area contributed by atoms with E-state index in [1.807, 2.05) is 31.2 Å². The molecule has 21 heavy (non-hydrogen) atoms. The van der Waals surface area contributed by atoms with Crippen LogP contribution in [0.3, 0.4) is 0 Å². The van der Waals surface area contributed by atoms with Gasteiger partial charge in [0.15, 0.2) is 0 Å². The molecule has 5 heteroatoms. The van der Waals surface area contributed by atoms with Gasteiger partial charge in [0.25, 0.3) is 0 Å². The summed E-state index contributed by atoms with van der Waals surface area (Å²) in [7, 11) is 3.36. The van der Waals surface area contributed by atoms with Crippen LogP contribution in [0.25, 0.3) is 0 Å². The van der Waals surface area contributed by atoms with Crippen molar-refractivity contribution in [2.45, 2.75) is 25.8 Å². The van der Waals surface area contributed by atoms with Crippen molar-refractivity contribution in [3.05, 3.63) is 29.8 Å². The summed E-state index contributed by atoms with van der Waals surface area (Å²) >= 11 is 0. The minimum absolute atomic E-state index is 0.0103. The number of para-hydroxylation sites is 1. The molecule has 1 aliphatic rings. The van der Waals surface area contributed by atoms with E-state index in [0.29, 0.717) is 12.8 Å². The molecule has 5 nitrogen and oxygen atoms in total. The first kappa shape index (κ1) is 15.4. The van der Waals surface area contributed by atoms with Gasteiger partial charge in [-0.2, -0.15) is 0 Å². The van der Waals surface area contributed by atoms with Gasteiger partial charge in [0.2, 0.25) is 5.91 Å². The number of hydrogen-bond acceptors (Lipinski definition) is 3. The number of carbonyl (C=O) groups excluding carboxylic acids is 1. The lowest BCUT2D eigenvalue weighted by Crippen LogP contribution is -2.38. The van der Waals surface area contributed by atoms with E-state index in [2.05, 4.69) is 0 Å². The van der Waals surface area contributed by atoms with Crippen molar-refractivity contribution in [1.82, 2.24) is 4.90 Å². The molecule has 1 saturated carbocycles. The van der Waals surface area contributed by atoms with Gasteiger partial charge in [-0.15, -0.1) is 0 Å². The van der Waals surface area contributed by atoms with E-state index in [4.69, 9.17) is 9.84 Å². The fourth-order valence-corrected chi connectivity index (χ4v) is 2.55. The van der Waals surface area contributed by atoms with Gasteiger partial charge in [-0.1, -0.05) is 18.2 Å². The molecule has 0 radical (unpaired) electrons. The topological polar surface area (TPSA) is 66.8 Å². The predicted octanol–water partition coefficient (Wildman–Crippen LogP) is 1.81. The monoisotopic (exact) mass is 291 g/mol. The number of methoxy groups -OCH3 is 1. The minimum Gasteiger partial charge on any atom is -0.496 e. The summed E-state index contributed by atoms with van der Waals surface area (Å²) < 4.78 is 5.31. The van der Waals surface area contributed by atoms with E-state index >= 15 is 0 Å². The Morgan fingerprint density at radius 1 is 1.38 bits per heavy atom. The van der Waals surface area contributed by atoms with Crippen molar-refractivity contribution >= 4 is 11.9 Å². The number of carbonyl (C=O) groups is 2. The third kappa shape index (κ3) is 3.35. The summed E-state index contributed by atoms with van der Waals surface area (Å²) in [6.45, 7) is 1.96. The molecule has 1 aromatic rings. The van der Waals surface area contributed by atoms with Crippen LogP contribution in [-0.2, 0) is 16.0 Å². The molecule has 0 heterocycles. The number of aliphatic carboxylic acids is 1. The van der Waals surface area contributed by atoms with Gasteiger partial charge in [0.05, 0.1) is 18.9 Å². The molecule has 1 amide bonds. The molecule has 0 spiro atoms. The molecular weight excluding hydrogens is 270 g/mol. The molecule has 2 rings (SSSR count). The Morgan fingerprint density at radius 3 is 2.62 bits per heavy atom. The largest absolute Gasteiger partial charge is 0.496 e. The van der Waals surface area contributed by atoms with Crippen LogP contribution in [-0.4, -0.2) is 42.1 Å². The standard InChI is InChI=1S/C16H21NO4/c1-10(8-11-6-4-5-7-14(11)21-3)17(2)15(18)12-9-13(12)16(19)20/h4-7,10,12-13H,8-9H2,1-3H3,(H,19,20)/t10-,12+,13-/m0/s1. The second kappa shape index (κ2) is 6.16. The van der Waals surface area contributed by atoms with Gasteiger partial charge in [-0.25, -0.2) is 0 Å². The first-order chi connectivity index (χ1) is 9.95. The lowest BCUT2D eigenvalue weighted by atomic mass is 10.0. The van der Waals surface area contributed by atoms with Crippen molar-refractivity contribution in [2.24, 2.45) is 11.8 Å². The van der Waals surface area contributed by atoms with Crippen molar-refractivity contribution < 1.29 is 19.4 Å². The van der Waals surface area contributed by atoms with Crippen molar-refractivity contribution in [3.63, 3.8) is 0 Å². The Bertz CT molecular complexity index is 543. The molecule has 1 fully saturated rings. The van der Waals surface area contributed by atoms with E-state index in [0.717, 1.165) is 11.3 Å². The summed E-state index contributed by atoms with van der Waals surface area (Å²) in [5, 5.41) is 8.91. The second-order valence-corrected chi connectivity index (χ2v) is 5.60. The normalized spacial score (nSPS) is 21.5. The van der Waals surface area contributed by atoms with Crippen LogP contribution in [0.15, 0.2) is 24.3 Å². The number of amides is 1. The SMILES string of the molecule is COc1ccccc1C[C@H](C)N(C)C(=O)[C@@H]1C[C@@H]1C(=O)O. The Balaban J connectivity index is 1.98. The maximum Gasteiger partial charge on any atom is 0.307 e. The third-order valence-corrected chi connectivity index (χ3v) is 4.14. The number of carboxylic acids is 1. The molecule has 0 aromatic heterocycles. The highest BCUT2D eigenvalue weighted by molar-refractivity contribution is 5.89. The van der Waals surface area contributed by atoms with Gasteiger partial charge in [-0.3, -0.25) is 9.59 Å². The highest BCUT2D eigenvalue weighted by atomic mass is 16.5. The summed E-state index contributed by atoms with van der Waals surface area (Å²) in [5.74, 6) is -1.00. The van der Waals surface area contributed by atoms with E-state index in [1.54, 1.807) is 19.1 Å². The Labute approximate surface area is 124 Å². The van der Waals surface area contributed by atoms with Crippen LogP contribution in [0.2, 0.25) is 0 Å². The molecule has 1 N–H and O–H groups in total. The predicted molar refractivity (Wildman–Crippen MR) is 78.2 cm³/mol. The Hall–Kier alpha value is -2.04. The second-order valence-electron chi connectivity index (χ2n) is 5.60. The molecule has 0 saturated heterocycles. The minimum atomic E-state index is -0.876. The molecule has 1 aliphatic carbocycles. The van der Waals surface area contributed by atoms with Crippen molar-refractivity contribution in [2.75, 3.05) is 14.2 Å². The average Bonchev–Trinajstić information content (AvgIpc) is 3.26. The number of hydrogen-bond donors (Lipinski definition) is 1. The summed E-state index contributed by atoms with van der Waals surface area (Å²) in [4.78, 5) is 24.7. The van der Waals surface area contributed by atoms with E-state index in [-0.39, 0.29) is 17.9 Å². The fraction of sp³-hybridized carbons (Fsp3) is 0.500. The van der Waals surface area contributed by atoms with Crippen molar-refractivity contribution in [1.29, 1.82) is 0 Å². The van der Waals surface area contributed by atoms with Crippen molar-refractivity contribution in [3.8, 4) is 5.75 Å². The lowest BCUT2D eigenvalue weighted by molar-refractivity contribution is -0.142. The molecule has 1 aromatic carbocycles. The highest BCUT2D eigenvalue weighted by Gasteiger charge is 2.49. The zero-order chi connectivity index (χ0) is 15.6. The molecule has 114 valence electrons. The van der Waals surface area contributed by atoms with E-state index < -0.39 is 11.9 Å². The third-order valence-electron chi connectivity index (χ3n) is 4.14. The van der Waals surface area contributed by atoms with Gasteiger partial charge in [0.1, 0.15) is 5.75 Å². The molecule has 0 unspecified atom stereocenters. The maximum absolute atomic E-state index is 12.2. The number of carboxylic acid groups (broad SMARTS) is 1. The van der Waals surface area contributed by atoms with Crippen LogP contribution in [0, 0.1) is 11.8 Å². The lowest BCUT2D eigenvalue weighted by Gasteiger charge is -2.26. The quantitative estimate of drug-likeness (QED) is 0.868. The zero-order valence-electron chi connectivity index (χ0n) is 12.6. The zero-order valence-corrected chi connectivity index (χ0v) is 12.6. The number of benzene rings is 1. The number of nitrogens with zero attached hydrogens (tertiary/aromatic N) is 1. The van der Waals surface area contributed by atoms with E-state index in [9.17, 15) is 9.59 Å². The van der Waals surface area contributed by atoms with Gasteiger partial charge >= 0.3 is 5.97 Å². The first-order valence-electron chi connectivity index (χ1n) is 7.07. The van der Waals surface area contributed by atoms with Crippen LogP contribution in [0.4, 0.5) is 0 Å². The molecule has 0 aliphatic heterocycles. The number of likely N-dealkylation sites (N-methyl/N-ethyl adjacent to an activating group) is 1. The Morgan fingerprint density at radius 2 is 2.05 bits per heavy atom. The van der Waals surface area contributed by atoms with Crippen LogP contribution in [0.5, 0.6) is 5.75 Å².